The summed E-state index contributed by atoms with van der Waals surface area (Å²) in [6.07, 6.45) is 1.66. The van der Waals surface area contributed by atoms with E-state index < -0.39 is 8.32 Å². The summed E-state index contributed by atoms with van der Waals surface area (Å²) in [5.74, 6) is 1.67. The monoisotopic (exact) mass is 278 g/mol. The second-order valence-electron chi connectivity index (χ2n) is 5.26. The van der Waals surface area contributed by atoms with Crippen molar-refractivity contribution in [2.45, 2.75) is 26.6 Å². The lowest BCUT2D eigenvalue weighted by atomic mass is 10.2. The quantitative estimate of drug-likeness (QED) is 0.443. The second-order valence-corrected chi connectivity index (χ2v) is 9.69. The third-order valence-electron chi connectivity index (χ3n) is 2.16. The van der Waals surface area contributed by atoms with Crippen LogP contribution >= 0.6 is 0 Å². The zero-order valence-corrected chi connectivity index (χ0v) is 13.3. The summed E-state index contributed by atoms with van der Waals surface area (Å²) in [4.78, 5) is 0. The van der Waals surface area contributed by atoms with Gasteiger partial charge in [-0.15, -0.1) is 0 Å². The van der Waals surface area contributed by atoms with Crippen molar-refractivity contribution in [3.63, 3.8) is 0 Å². The molecule has 0 saturated heterocycles. The van der Waals surface area contributed by atoms with E-state index in [0.717, 1.165) is 5.75 Å². The van der Waals surface area contributed by atoms with Crippen LogP contribution in [0.2, 0.25) is 19.6 Å². The van der Waals surface area contributed by atoms with Gasteiger partial charge in [0.05, 0.1) is 13.2 Å². The standard InChI is InChI=1S/C15H22O3Si/c1-12-7-9-14(10-8-12)17-13(2)11-15(16-3)18-19(4,5)6/h7-11H,2H2,1,3-6H3/b15-11+. The number of aryl methyl sites for hydroxylation is 1. The molecule has 0 aromatic heterocycles. The summed E-state index contributed by atoms with van der Waals surface area (Å²) in [7, 11) is -0.123. The van der Waals surface area contributed by atoms with Crippen LogP contribution < -0.4 is 4.74 Å². The largest absolute Gasteiger partial charge is 0.520 e. The van der Waals surface area contributed by atoms with Gasteiger partial charge in [0.1, 0.15) is 11.5 Å². The van der Waals surface area contributed by atoms with Gasteiger partial charge in [-0.05, 0) is 38.7 Å². The summed E-state index contributed by atoms with van der Waals surface area (Å²) in [6.45, 7) is 12.1. The summed E-state index contributed by atoms with van der Waals surface area (Å²) >= 11 is 0. The Labute approximate surface area is 116 Å². The molecule has 0 aliphatic carbocycles. The number of ether oxygens (including phenoxy) is 2. The Bertz CT molecular complexity index is 455. The molecule has 0 amide bonds. The van der Waals surface area contributed by atoms with E-state index in [4.69, 9.17) is 13.9 Å². The van der Waals surface area contributed by atoms with Gasteiger partial charge in [-0.25, -0.2) is 0 Å². The number of benzene rings is 1. The van der Waals surface area contributed by atoms with Crippen molar-refractivity contribution >= 4 is 8.32 Å². The van der Waals surface area contributed by atoms with E-state index in [9.17, 15) is 0 Å². The lowest BCUT2D eigenvalue weighted by Gasteiger charge is -2.20. The maximum absolute atomic E-state index is 5.75. The first-order valence-corrected chi connectivity index (χ1v) is 9.59. The summed E-state index contributed by atoms with van der Waals surface area (Å²) in [5, 5.41) is 0. The van der Waals surface area contributed by atoms with Crippen molar-refractivity contribution < 1.29 is 13.9 Å². The van der Waals surface area contributed by atoms with Gasteiger partial charge in [-0.1, -0.05) is 24.3 Å². The van der Waals surface area contributed by atoms with Crippen LogP contribution in [-0.4, -0.2) is 15.4 Å². The Morgan fingerprint density at radius 1 is 1.16 bits per heavy atom. The van der Waals surface area contributed by atoms with Crippen LogP contribution in [0, 0.1) is 6.92 Å². The van der Waals surface area contributed by atoms with Crippen molar-refractivity contribution in [3.05, 3.63) is 54.2 Å². The van der Waals surface area contributed by atoms with Crippen LogP contribution in [0.15, 0.2) is 48.6 Å². The van der Waals surface area contributed by atoms with Crippen molar-refractivity contribution in [1.29, 1.82) is 0 Å². The molecule has 3 nitrogen and oxygen atoms in total. The fourth-order valence-electron chi connectivity index (χ4n) is 1.35. The number of hydrogen-bond acceptors (Lipinski definition) is 3. The van der Waals surface area contributed by atoms with Gasteiger partial charge < -0.3 is 13.9 Å². The highest BCUT2D eigenvalue weighted by Crippen LogP contribution is 2.17. The topological polar surface area (TPSA) is 27.7 Å². The Kier molecular flexibility index (Phi) is 5.24. The number of methoxy groups -OCH3 is 1. The molecule has 1 rings (SSSR count). The van der Waals surface area contributed by atoms with E-state index in [0.29, 0.717) is 11.7 Å². The zero-order chi connectivity index (χ0) is 14.5. The van der Waals surface area contributed by atoms with Gasteiger partial charge in [-0.2, -0.15) is 0 Å². The number of hydrogen-bond donors (Lipinski definition) is 0. The van der Waals surface area contributed by atoms with Crippen molar-refractivity contribution in [1.82, 2.24) is 0 Å². The Morgan fingerprint density at radius 2 is 1.74 bits per heavy atom. The molecular weight excluding hydrogens is 256 g/mol. The van der Waals surface area contributed by atoms with E-state index in [1.165, 1.54) is 5.56 Å². The molecule has 0 aliphatic rings. The van der Waals surface area contributed by atoms with Crippen LogP contribution in [0.3, 0.4) is 0 Å². The average molecular weight is 278 g/mol. The van der Waals surface area contributed by atoms with Gasteiger partial charge in [0.25, 0.3) is 5.95 Å². The minimum Gasteiger partial charge on any atom is -0.520 e. The lowest BCUT2D eigenvalue weighted by Crippen LogP contribution is -2.25. The molecule has 1 aromatic carbocycles. The molecule has 0 N–H and O–H groups in total. The van der Waals surface area contributed by atoms with Gasteiger partial charge in [0, 0.05) is 0 Å². The molecule has 19 heavy (non-hydrogen) atoms. The van der Waals surface area contributed by atoms with Crippen molar-refractivity contribution in [2.24, 2.45) is 0 Å². The van der Waals surface area contributed by atoms with E-state index in [1.54, 1.807) is 13.2 Å². The third-order valence-corrected chi connectivity index (χ3v) is 2.97. The number of allylic oxidation sites excluding steroid dienone is 1. The minimum atomic E-state index is -1.70. The van der Waals surface area contributed by atoms with E-state index in [2.05, 4.69) is 26.2 Å². The highest BCUT2D eigenvalue weighted by atomic mass is 28.4. The fraction of sp³-hybridized carbons (Fsp3) is 0.333. The molecule has 0 radical (unpaired) electrons. The SMILES string of the molecule is C=C(/C=C(\OC)O[Si](C)(C)C)Oc1ccc(C)cc1. The fourth-order valence-corrected chi connectivity index (χ4v) is 2.10. The molecule has 0 heterocycles. The minimum absolute atomic E-state index is 0.441. The first-order chi connectivity index (χ1) is 8.80. The molecule has 0 spiro atoms. The van der Waals surface area contributed by atoms with Crippen LogP contribution in [0.5, 0.6) is 5.75 Å². The maximum Gasteiger partial charge on any atom is 0.268 e. The summed E-state index contributed by atoms with van der Waals surface area (Å²) in [5.41, 5.74) is 1.19. The average Bonchev–Trinajstić information content (AvgIpc) is 2.29. The predicted octanol–water partition coefficient (Wildman–Crippen LogP) is 4.23. The first kappa shape index (κ1) is 15.4. The van der Waals surface area contributed by atoms with E-state index >= 15 is 0 Å². The predicted molar refractivity (Wildman–Crippen MR) is 80.5 cm³/mol. The smallest absolute Gasteiger partial charge is 0.268 e. The summed E-state index contributed by atoms with van der Waals surface area (Å²) in [6, 6.07) is 7.78. The third kappa shape index (κ3) is 6.15. The molecule has 1 aromatic rings. The Hall–Kier alpha value is -1.68. The molecular formula is C15H22O3Si. The Morgan fingerprint density at radius 3 is 2.21 bits per heavy atom. The number of rotatable bonds is 6. The highest BCUT2D eigenvalue weighted by molar-refractivity contribution is 6.70. The maximum atomic E-state index is 5.75. The highest BCUT2D eigenvalue weighted by Gasteiger charge is 2.18. The van der Waals surface area contributed by atoms with Crippen molar-refractivity contribution in [2.75, 3.05) is 7.11 Å². The summed E-state index contributed by atoms with van der Waals surface area (Å²) < 4.78 is 16.5. The first-order valence-electron chi connectivity index (χ1n) is 6.18. The van der Waals surface area contributed by atoms with Crippen molar-refractivity contribution in [3.8, 4) is 5.75 Å². The van der Waals surface area contributed by atoms with Crippen LogP contribution in [0.1, 0.15) is 5.56 Å². The Balaban J connectivity index is 2.69. The van der Waals surface area contributed by atoms with Gasteiger partial charge in [0.2, 0.25) is 8.32 Å². The van der Waals surface area contributed by atoms with Crippen LogP contribution in [0.4, 0.5) is 0 Å². The molecule has 4 heteroatoms. The van der Waals surface area contributed by atoms with E-state index in [1.807, 2.05) is 31.2 Å². The van der Waals surface area contributed by atoms with Crippen LogP contribution in [0.25, 0.3) is 0 Å². The van der Waals surface area contributed by atoms with Gasteiger partial charge in [-0.3, -0.25) is 0 Å². The van der Waals surface area contributed by atoms with E-state index in [-0.39, 0.29) is 0 Å². The zero-order valence-electron chi connectivity index (χ0n) is 12.3. The molecule has 0 unspecified atom stereocenters. The molecule has 0 atom stereocenters. The molecule has 0 bridgehead atoms. The lowest BCUT2D eigenvalue weighted by molar-refractivity contribution is 0.145. The molecule has 104 valence electrons. The van der Waals surface area contributed by atoms with Crippen LogP contribution in [-0.2, 0) is 9.16 Å². The molecule has 0 aliphatic heterocycles. The molecule has 0 fully saturated rings. The molecule has 0 saturated carbocycles. The second kappa shape index (κ2) is 6.47. The van der Waals surface area contributed by atoms with Gasteiger partial charge >= 0.3 is 0 Å². The van der Waals surface area contributed by atoms with Gasteiger partial charge in [0.15, 0.2) is 0 Å². The normalized spacial score (nSPS) is 11.9.